The summed E-state index contributed by atoms with van der Waals surface area (Å²) in [7, 11) is -3.11. The van der Waals surface area contributed by atoms with E-state index in [1.54, 1.807) is 13.8 Å². The molecule has 0 bridgehead atoms. The summed E-state index contributed by atoms with van der Waals surface area (Å²) in [6.45, 7) is 3.38. The minimum atomic E-state index is -3.11. The Morgan fingerprint density at radius 1 is 1.40 bits per heavy atom. The molecule has 4 nitrogen and oxygen atoms in total. The molecule has 0 aromatic heterocycles. The highest BCUT2D eigenvalue weighted by Crippen LogP contribution is 2.43. The molecule has 15 heavy (non-hydrogen) atoms. The van der Waals surface area contributed by atoms with Gasteiger partial charge in [-0.2, -0.15) is 0 Å². The maximum absolute atomic E-state index is 11.6. The van der Waals surface area contributed by atoms with Gasteiger partial charge in [0.25, 0.3) is 0 Å². The van der Waals surface area contributed by atoms with Gasteiger partial charge >= 0.3 is 0 Å². The van der Waals surface area contributed by atoms with E-state index in [2.05, 4.69) is 11.8 Å². The Morgan fingerprint density at radius 2 is 1.93 bits per heavy atom. The fourth-order valence-corrected chi connectivity index (χ4v) is 2.12. The van der Waals surface area contributed by atoms with Crippen molar-refractivity contribution in [2.45, 2.75) is 20.3 Å². The fraction of sp³-hybridized carbons (Fsp3) is 0.700. The van der Waals surface area contributed by atoms with Crippen LogP contribution in [-0.4, -0.2) is 34.9 Å². The van der Waals surface area contributed by atoms with Crippen LogP contribution in [0.3, 0.4) is 0 Å². The third-order valence-corrected chi connectivity index (χ3v) is 4.01. The summed E-state index contributed by atoms with van der Waals surface area (Å²) >= 11 is 0. The number of ketones is 1. The van der Waals surface area contributed by atoms with E-state index >= 15 is 0 Å². The zero-order valence-corrected chi connectivity index (χ0v) is 9.96. The number of aliphatic hydroxyl groups is 2. The fourth-order valence-electron chi connectivity index (χ4n) is 0.954. The van der Waals surface area contributed by atoms with Crippen molar-refractivity contribution in [2.24, 2.45) is 5.92 Å². The second kappa shape index (κ2) is 6.79. The molecule has 0 rings (SSSR count). The smallest absolute Gasteiger partial charge is 0.144 e. The normalized spacial score (nSPS) is 12.8. The van der Waals surface area contributed by atoms with Crippen LogP contribution >= 0.6 is 7.14 Å². The van der Waals surface area contributed by atoms with Gasteiger partial charge in [0.1, 0.15) is 12.9 Å². The van der Waals surface area contributed by atoms with Gasteiger partial charge in [0.05, 0.1) is 18.9 Å². The minimum Gasteiger partial charge on any atom is -0.389 e. The Kier molecular flexibility index (Phi) is 6.51. The van der Waals surface area contributed by atoms with E-state index in [9.17, 15) is 9.36 Å². The number of carbonyl (C=O) groups is 1. The van der Waals surface area contributed by atoms with Crippen LogP contribution in [0, 0.1) is 17.8 Å². The van der Waals surface area contributed by atoms with Crippen molar-refractivity contribution in [1.82, 2.24) is 0 Å². The van der Waals surface area contributed by atoms with E-state index in [4.69, 9.17) is 10.2 Å². The first kappa shape index (κ1) is 14.4. The Labute approximate surface area is 90.1 Å². The van der Waals surface area contributed by atoms with Crippen LogP contribution < -0.4 is 0 Å². The molecule has 0 amide bonds. The molecule has 1 atom stereocenters. The standard InChI is InChI=1S/C10H17O4P/c1-3-4-5-9(2)10(13)6-15(14,7-11)8-12/h9,11-12H,5-8H2,1-2H3. The predicted molar refractivity (Wildman–Crippen MR) is 58.9 cm³/mol. The molecule has 0 spiro atoms. The second-order valence-electron chi connectivity index (χ2n) is 3.50. The lowest BCUT2D eigenvalue weighted by Crippen LogP contribution is -2.17. The first-order valence-electron chi connectivity index (χ1n) is 4.70. The lowest BCUT2D eigenvalue weighted by molar-refractivity contribution is -0.119. The summed E-state index contributed by atoms with van der Waals surface area (Å²) in [4.78, 5) is 11.5. The number of carbonyl (C=O) groups excluding carboxylic acids is 1. The van der Waals surface area contributed by atoms with Crippen LogP contribution in [0.2, 0.25) is 0 Å². The molecule has 0 aliphatic heterocycles. The zero-order valence-electron chi connectivity index (χ0n) is 9.06. The lowest BCUT2D eigenvalue weighted by Gasteiger charge is -2.13. The van der Waals surface area contributed by atoms with E-state index in [1.165, 1.54) is 0 Å². The van der Waals surface area contributed by atoms with E-state index in [0.717, 1.165) is 0 Å². The van der Waals surface area contributed by atoms with Gasteiger partial charge in [-0.05, 0) is 6.92 Å². The summed E-state index contributed by atoms with van der Waals surface area (Å²) in [5.74, 6) is 4.92. The highest BCUT2D eigenvalue weighted by molar-refractivity contribution is 7.64. The number of hydrogen-bond acceptors (Lipinski definition) is 4. The third-order valence-electron chi connectivity index (χ3n) is 2.09. The molecule has 0 fully saturated rings. The van der Waals surface area contributed by atoms with Gasteiger partial charge in [-0.1, -0.05) is 6.92 Å². The molecule has 0 radical (unpaired) electrons. The molecule has 1 unspecified atom stereocenters. The van der Waals surface area contributed by atoms with Gasteiger partial charge in [0, 0.05) is 12.3 Å². The van der Waals surface area contributed by atoms with Crippen molar-refractivity contribution in [3.63, 3.8) is 0 Å². The van der Waals surface area contributed by atoms with Crippen molar-refractivity contribution in [1.29, 1.82) is 0 Å². The first-order chi connectivity index (χ1) is 6.99. The van der Waals surface area contributed by atoms with Crippen molar-refractivity contribution < 1.29 is 19.6 Å². The van der Waals surface area contributed by atoms with Crippen molar-refractivity contribution in [3.8, 4) is 11.8 Å². The molecule has 86 valence electrons. The molecule has 0 aliphatic rings. The van der Waals surface area contributed by atoms with Gasteiger partial charge in [-0.3, -0.25) is 4.79 Å². The number of Topliss-reactive ketones (excluding diaryl/α,β-unsaturated/α-hetero) is 1. The van der Waals surface area contributed by atoms with Gasteiger partial charge in [0.2, 0.25) is 0 Å². The largest absolute Gasteiger partial charge is 0.389 e. The van der Waals surface area contributed by atoms with Crippen LogP contribution in [0.4, 0.5) is 0 Å². The Hall–Kier alpha value is -0.620. The van der Waals surface area contributed by atoms with Crippen LogP contribution in [-0.2, 0) is 9.36 Å². The average molecular weight is 232 g/mol. The Bertz CT molecular complexity index is 305. The monoisotopic (exact) mass is 232 g/mol. The van der Waals surface area contributed by atoms with E-state index in [1.807, 2.05) is 0 Å². The van der Waals surface area contributed by atoms with E-state index < -0.39 is 19.8 Å². The zero-order chi connectivity index (χ0) is 11.9. The Morgan fingerprint density at radius 3 is 2.33 bits per heavy atom. The molecule has 0 heterocycles. The van der Waals surface area contributed by atoms with Crippen LogP contribution in [0.25, 0.3) is 0 Å². The molecular weight excluding hydrogens is 215 g/mol. The molecule has 0 aromatic carbocycles. The summed E-state index contributed by atoms with van der Waals surface area (Å²) in [6.07, 6.45) is -1.07. The van der Waals surface area contributed by atoms with Crippen molar-refractivity contribution >= 4 is 12.9 Å². The molecule has 2 N–H and O–H groups in total. The number of hydrogen-bond donors (Lipinski definition) is 2. The van der Waals surface area contributed by atoms with Crippen LogP contribution in [0.15, 0.2) is 0 Å². The van der Waals surface area contributed by atoms with Crippen LogP contribution in [0.5, 0.6) is 0 Å². The molecule has 0 aliphatic carbocycles. The quantitative estimate of drug-likeness (QED) is 0.526. The van der Waals surface area contributed by atoms with Gasteiger partial charge in [0.15, 0.2) is 0 Å². The van der Waals surface area contributed by atoms with Crippen molar-refractivity contribution in [3.05, 3.63) is 0 Å². The number of aliphatic hydroxyl groups excluding tert-OH is 2. The summed E-state index contributed by atoms with van der Waals surface area (Å²) in [5, 5.41) is 17.6. The predicted octanol–water partition coefficient (Wildman–Crippen LogP) is 0.868. The topological polar surface area (TPSA) is 74.6 Å². The lowest BCUT2D eigenvalue weighted by atomic mass is 10.0. The molecule has 0 saturated carbocycles. The van der Waals surface area contributed by atoms with Crippen molar-refractivity contribution in [2.75, 3.05) is 18.9 Å². The SMILES string of the molecule is CC#CCC(C)C(=O)CP(=O)(CO)CO. The molecular formula is C10H17O4P. The first-order valence-corrected chi connectivity index (χ1v) is 6.96. The minimum absolute atomic E-state index is 0.218. The molecule has 0 saturated heterocycles. The Balaban J connectivity index is 4.33. The van der Waals surface area contributed by atoms with E-state index in [0.29, 0.717) is 6.42 Å². The molecule has 0 aromatic rings. The molecule has 5 heteroatoms. The highest BCUT2D eigenvalue weighted by Gasteiger charge is 2.26. The number of rotatable bonds is 6. The second-order valence-corrected chi connectivity index (χ2v) is 6.50. The maximum atomic E-state index is 11.6. The summed E-state index contributed by atoms with van der Waals surface area (Å²) in [5.41, 5.74) is 0. The van der Waals surface area contributed by atoms with Gasteiger partial charge in [-0.15, -0.1) is 11.8 Å². The average Bonchev–Trinajstić information content (AvgIpc) is 2.25. The maximum Gasteiger partial charge on any atom is 0.144 e. The highest BCUT2D eigenvalue weighted by atomic mass is 31.2. The summed E-state index contributed by atoms with van der Waals surface area (Å²) in [6, 6.07) is 0. The van der Waals surface area contributed by atoms with E-state index in [-0.39, 0.29) is 17.9 Å². The summed E-state index contributed by atoms with van der Waals surface area (Å²) < 4.78 is 11.6. The van der Waals surface area contributed by atoms with Gasteiger partial charge in [-0.25, -0.2) is 0 Å². The van der Waals surface area contributed by atoms with Crippen LogP contribution in [0.1, 0.15) is 20.3 Å². The van der Waals surface area contributed by atoms with Gasteiger partial charge < -0.3 is 14.8 Å². The third kappa shape index (κ3) is 5.13.